The third-order valence-corrected chi connectivity index (χ3v) is 4.88. The van der Waals surface area contributed by atoms with Crippen LogP contribution in [0.25, 0.3) is 0 Å². The third kappa shape index (κ3) is 3.15. The van der Waals surface area contributed by atoms with E-state index in [9.17, 15) is 14.0 Å². The molecule has 24 heavy (non-hydrogen) atoms. The number of carbonyl (C=O) groups excluding carboxylic acids is 2. The molecule has 3 rings (SSSR count). The van der Waals surface area contributed by atoms with Crippen LogP contribution in [0.4, 0.5) is 4.39 Å². The van der Waals surface area contributed by atoms with Crippen molar-refractivity contribution in [2.75, 3.05) is 19.6 Å². The number of aryl methyl sites for hydroxylation is 1. The van der Waals surface area contributed by atoms with Crippen molar-refractivity contribution in [1.82, 2.24) is 15.1 Å². The van der Waals surface area contributed by atoms with E-state index < -0.39 is 12.1 Å². The van der Waals surface area contributed by atoms with Crippen molar-refractivity contribution in [3.05, 3.63) is 35.1 Å². The standard InChI is InChI=1S/C18H24FN3O2/c1-11(2)16-18(24)22-7-6-21(10-15(22)17(23)20-16)9-13-8-12(3)4-5-14(13)19/h4-5,8,11,15-16H,6-7,9-10H2,1-3H3,(H,20,23)/t15-,16-/m1/s1. The zero-order chi connectivity index (χ0) is 17.4. The van der Waals surface area contributed by atoms with Gasteiger partial charge in [0.15, 0.2) is 0 Å². The fourth-order valence-corrected chi connectivity index (χ4v) is 3.48. The van der Waals surface area contributed by atoms with Crippen LogP contribution >= 0.6 is 0 Å². The zero-order valence-electron chi connectivity index (χ0n) is 14.4. The number of fused-ring (bicyclic) bond motifs is 1. The predicted molar refractivity (Wildman–Crippen MR) is 88.7 cm³/mol. The average molecular weight is 333 g/mol. The first-order chi connectivity index (χ1) is 11.4. The molecule has 2 amide bonds. The number of nitrogens with one attached hydrogen (secondary N) is 1. The van der Waals surface area contributed by atoms with Crippen LogP contribution in [0.15, 0.2) is 18.2 Å². The summed E-state index contributed by atoms with van der Waals surface area (Å²) in [6.07, 6.45) is 0. The third-order valence-electron chi connectivity index (χ3n) is 4.88. The molecule has 2 atom stereocenters. The SMILES string of the molecule is Cc1ccc(F)c(CN2CCN3C(=O)[C@@H](C(C)C)NC(=O)[C@H]3C2)c1. The highest BCUT2D eigenvalue weighted by atomic mass is 19.1. The van der Waals surface area contributed by atoms with E-state index in [1.807, 2.05) is 31.7 Å². The quantitative estimate of drug-likeness (QED) is 0.907. The van der Waals surface area contributed by atoms with E-state index in [0.717, 1.165) is 5.56 Å². The fourth-order valence-electron chi connectivity index (χ4n) is 3.48. The number of rotatable bonds is 3. The maximum absolute atomic E-state index is 14.0. The Kier molecular flexibility index (Phi) is 4.58. The largest absolute Gasteiger partial charge is 0.342 e. The summed E-state index contributed by atoms with van der Waals surface area (Å²) < 4.78 is 14.0. The topological polar surface area (TPSA) is 52.6 Å². The second kappa shape index (κ2) is 6.51. The van der Waals surface area contributed by atoms with E-state index in [2.05, 4.69) is 5.32 Å². The number of hydrogen-bond donors (Lipinski definition) is 1. The van der Waals surface area contributed by atoms with Crippen molar-refractivity contribution in [3.8, 4) is 0 Å². The van der Waals surface area contributed by atoms with Gasteiger partial charge in [0.25, 0.3) is 0 Å². The van der Waals surface area contributed by atoms with Crippen LogP contribution in [0.3, 0.4) is 0 Å². The summed E-state index contributed by atoms with van der Waals surface area (Å²) in [6, 6.07) is 4.15. The van der Waals surface area contributed by atoms with Gasteiger partial charge in [0.2, 0.25) is 11.8 Å². The maximum Gasteiger partial charge on any atom is 0.246 e. The van der Waals surface area contributed by atoms with Crippen molar-refractivity contribution >= 4 is 11.8 Å². The molecule has 130 valence electrons. The molecular weight excluding hydrogens is 309 g/mol. The van der Waals surface area contributed by atoms with Gasteiger partial charge in [0, 0.05) is 31.7 Å². The molecule has 0 bridgehead atoms. The summed E-state index contributed by atoms with van der Waals surface area (Å²) in [4.78, 5) is 28.7. The molecule has 0 saturated carbocycles. The lowest BCUT2D eigenvalue weighted by atomic mass is 9.96. The van der Waals surface area contributed by atoms with Crippen LogP contribution in [0.1, 0.15) is 25.0 Å². The molecule has 1 aromatic rings. The molecule has 0 unspecified atom stereocenters. The Morgan fingerprint density at radius 3 is 2.75 bits per heavy atom. The van der Waals surface area contributed by atoms with Gasteiger partial charge in [-0.25, -0.2) is 4.39 Å². The Morgan fingerprint density at radius 1 is 1.29 bits per heavy atom. The molecule has 0 aliphatic carbocycles. The van der Waals surface area contributed by atoms with Gasteiger partial charge < -0.3 is 10.2 Å². The molecular formula is C18H24FN3O2. The zero-order valence-corrected chi connectivity index (χ0v) is 14.4. The average Bonchev–Trinajstić information content (AvgIpc) is 2.54. The van der Waals surface area contributed by atoms with Crippen molar-refractivity contribution in [2.45, 2.75) is 39.4 Å². The van der Waals surface area contributed by atoms with Gasteiger partial charge in [0.1, 0.15) is 17.9 Å². The number of piperazine rings is 2. The van der Waals surface area contributed by atoms with E-state index in [0.29, 0.717) is 31.7 Å². The summed E-state index contributed by atoms with van der Waals surface area (Å²) in [7, 11) is 0. The monoisotopic (exact) mass is 333 g/mol. The minimum absolute atomic E-state index is 0.00372. The number of benzene rings is 1. The Morgan fingerprint density at radius 2 is 2.04 bits per heavy atom. The lowest BCUT2D eigenvalue weighted by Gasteiger charge is -2.46. The first-order valence-electron chi connectivity index (χ1n) is 8.45. The molecule has 6 heteroatoms. The van der Waals surface area contributed by atoms with Crippen LogP contribution in [0.5, 0.6) is 0 Å². The Balaban J connectivity index is 1.72. The molecule has 0 radical (unpaired) electrons. The summed E-state index contributed by atoms with van der Waals surface area (Å²) in [5.74, 6) is -0.271. The number of hydrogen-bond acceptors (Lipinski definition) is 3. The van der Waals surface area contributed by atoms with E-state index in [1.165, 1.54) is 6.07 Å². The van der Waals surface area contributed by atoms with E-state index >= 15 is 0 Å². The molecule has 2 saturated heterocycles. The van der Waals surface area contributed by atoms with Crippen molar-refractivity contribution in [3.63, 3.8) is 0 Å². The molecule has 1 aromatic carbocycles. The van der Waals surface area contributed by atoms with Gasteiger partial charge in [-0.2, -0.15) is 0 Å². The Labute approximate surface area is 141 Å². The highest BCUT2D eigenvalue weighted by Crippen LogP contribution is 2.21. The molecule has 1 N–H and O–H groups in total. The van der Waals surface area contributed by atoms with E-state index in [4.69, 9.17) is 0 Å². The second-order valence-corrected chi connectivity index (χ2v) is 7.11. The number of carbonyl (C=O) groups is 2. The Hall–Kier alpha value is -1.95. The van der Waals surface area contributed by atoms with Crippen LogP contribution < -0.4 is 5.32 Å². The van der Waals surface area contributed by atoms with Gasteiger partial charge in [0.05, 0.1) is 0 Å². The van der Waals surface area contributed by atoms with Gasteiger partial charge in [-0.05, 0) is 18.9 Å². The molecule has 2 fully saturated rings. The molecule has 5 nitrogen and oxygen atoms in total. The Bertz CT molecular complexity index is 662. The first-order valence-corrected chi connectivity index (χ1v) is 8.45. The highest BCUT2D eigenvalue weighted by molar-refractivity contribution is 5.97. The summed E-state index contributed by atoms with van der Waals surface area (Å²) in [6.45, 7) is 7.84. The smallest absolute Gasteiger partial charge is 0.246 e. The maximum atomic E-state index is 14.0. The molecule has 0 spiro atoms. The normalized spacial score (nSPS) is 25.0. The summed E-state index contributed by atoms with van der Waals surface area (Å²) >= 11 is 0. The van der Waals surface area contributed by atoms with Crippen LogP contribution in [-0.2, 0) is 16.1 Å². The van der Waals surface area contributed by atoms with Gasteiger partial charge in [-0.1, -0.05) is 31.5 Å². The summed E-state index contributed by atoms with van der Waals surface area (Å²) in [5.41, 5.74) is 1.64. The number of halogens is 1. The van der Waals surface area contributed by atoms with E-state index in [-0.39, 0.29) is 23.5 Å². The molecule has 0 aromatic heterocycles. The lowest BCUT2D eigenvalue weighted by molar-refractivity contribution is -0.154. The lowest BCUT2D eigenvalue weighted by Crippen LogP contribution is -2.70. The van der Waals surface area contributed by atoms with Gasteiger partial charge in [-0.15, -0.1) is 0 Å². The van der Waals surface area contributed by atoms with Crippen LogP contribution in [0.2, 0.25) is 0 Å². The van der Waals surface area contributed by atoms with E-state index in [1.54, 1.807) is 11.0 Å². The van der Waals surface area contributed by atoms with Crippen molar-refractivity contribution in [1.29, 1.82) is 0 Å². The van der Waals surface area contributed by atoms with Gasteiger partial charge in [-0.3, -0.25) is 14.5 Å². The fraction of sp³-hybridized carbons (Fsp3) is 0.556. The van der Waals surface area contributed by atoms with Crippen LogP contribution in [-0.4, -0.2) is 53.3 Å². The van der Waals surface area contributed by atoms with Gasteiger partial charge >= 0.3 is 0 Å². The molecule has 2 heterocycles. The second-order valence-electron chi connectivity index (χ2n) is 7.11. The molecule has 2 aliphatic heterocycles. The highest BCUT2D eigenvalue weighted by Gasteiger charge is 2.44. The minimum Gasteiger partial charge on any atom is -0.342 e. The molecule has 2 aliphatic rings. The predicted octanol–water partition coefficient (Wildman–Crippen LogP) is 1.30. The van der Waals surface area contributed by atoms with Crippen molar-refractivity contribution in [2.24, 2.45) is 5.92 Å². The van der Waals surface area contributed by atoms with Crippen LogP contribution in [0, 0.1) is 18.7 Å². The number of nitrogens with zero attached hydrogens (tertiary/aromatic N) is 2. The number of amides is 2. The first kappa shape index (κ1) is 16.9. The summed E-state index contributed by atoms with van der Waals surface area (Å²) in [5, 5.41) is 2.84. The minimum atomic E-state index is -0.478. The van der Waals surface area contributed by atoms with Crippen molar-refractivity contribution < 1.29 is 14.0 Å².